The smallest absolute Gasteiger partial charge is 0.368 e. The van der Waals surface area contributed by atoms with Crippen LogP contribution in [0.15, 0.2) is 12.0 Å². The number of halogens is 6. The molecule has 1 fully saturated rings. The van der Waals surface area contributed by atoms with Gasteiger partial charge in [0.25, 0.3) is 0 Å². The minimum Gasteiger partial charge on any atom is -0.368 e. The fourth-order valence-corrected chi connectivity index (χ4v) is 1.44. The molecular weight excluding hydrogens is 224 g/mol. The van der Waals surface area contributed by atoms with E-state index >= 15 is 0 Å². The van der Waals surface area contributed by atoms with Crippen LogP contribution in [0.1, 0.15) is 12.8 Å². The summed E-state index contributed by atoms with van der Waals surface area (Å²) >= 11 is 0. The number of rotatable bonds is 2. The van der Waals surface area contributed by atoms with Crippen molar-refractivity contribution >= 4 is 0 Å². The molecule has 0 aliphatic carbocycles. The minimum atomic E-state index is -5.76. The van der Waals surface area contributed by atoms with Crippen molar-refractivity contribution in [2.24, 2.45) is 0 Å². The largest absolute Gasteiger partial charge is 0.459 e. The van der Waals surface area contributed by atoms with E-state index in [0.29, 0.717) is 12.8 Å². The summed E-state index contributed by atoms with van der Waals surface area (Å²) in [6, 6.07) is 0. The normalized spacial score (nSPS) is 19.9. The summed E-state index contributed by atoms with van der Waals surface area (Å²) in [6.07, 6.45) is -5.43. The van der Waals surface area contributed by atoms with Crippen molar-refractivity contribution < 1.29 is 26.3 Å². The van der Waals surface area contributed by atoms with Crippen molar-refractivity contribution in [1.82, 2.24) is 4.90 Å². The second-order valence-electron chi connectivity index (χ2n) is 3.26. The molecule has 88 valence electrons. The van der Waals surface area contributed by atoms with E-state index in [-0.39, 0.29) is 13.1 Å². The van der Waals surface area contributed by atoms with Gasteiger partial charge in [0.15, 0.2) is 0 Å². The standard InChI is InChI=1S/C8H9F6N/c9-5-6(15-3-1-2-4-15)7(10,11)8(12,13)14/h5H,1-4H2/b6-5+. The first-order chi connectivity index (χ1) is 6.80. The van der Waals surface area contributed by atoms with Crippen LogP contribution in [0.4, 0.5) is 26.3 Å². The third-order valence-corrected chi connectivity index (χ3v) is 2.23. The molecule has 1 aliphatic heterocycles. The Hall–Kier alpha value is -0.880. The van der Waals surface area contributed by atoms with Crippen molar-refractivity contribution in [3.05, 3.63) is 12.0 Å². The number of alkyl halides is 5. The second kappa shape index (κ2) is 3.94. The highest BCUT2D eigenvalue weighted by molar-refractivity contribution is 5.13. The number of hydrogen-bond acceptors (Lipinski definition) is 1. The predicted octanol–water partition coefficient (Wildman–Crippen LogP) is 3.09. The van der Waals surface area contributed by atoms with E-state index in [4.69, 9.17) is 0 Å². The molecule has 1 nitrogen and oxygen atoms in total. The van der Waals surface area contributed by atoms with Gasteiger partial charge in [-0.1, -0.05) is 0 Å². The molecule has 1 aliphatic rings. The first-order valence-electron chi connectivity index (χ1n) is 4.31. The van der Waals surface area contributed by atoms with Gasteiger partial charge in [0.05, 0.1) is 0 Å². The monoisotopic (exact) mass is 233 g/mol. The molecule has 0 aromatic heterocycles. The summed E-state index contributed by atoms with van der Waals surface area (Å²) in [7, 11) is 0. The van der Waals surface area contributed by atoms with Crippen LogP contribution in [-0.4, -0.2) is 30.1 Å². The maximum Gasteiger partial charge on any atom is 0.459 e. The molecule has 7 heteroatoms. The van der Waals surface area contributed by atoms with E-state index in [1.165, 1.54) is 0 Å². The highest BCUT2D eigenvalue weighted by Gasteiger charge is 2.61. The third kappa shape index (κ3) is 2.21. The van der Waals surface area contributed by atoms with Gasteiger partial charge in [-0.2, -0.15) is 22.0 Å². The molecule has 0 aromatic rings. The first-order valence-corrected chi connectivity index (χ1v) is 4.31. The molecule has 0 saturated carbocycles. The average molecular weight is 233 g/mol. The zero-order chi connectivity index (χ0) is 11.7. The Morgan fingerprint density at radius 3 is 1.80 bits per heavy atom. The lowest BCUT2D eigenvalue weighted by Gasteiger charge is -2.28. The lowest BCUT2D eigenvalue weighted by Crippen LogP contribution is -2.44. The van der Waals surface area contributed by atoms with Gasteiger partial charge in [0.2, 0.25) is 0 Å². The lowest BCUT2D eigenvalue weighted by atomic mass is 10.2. The Labute approximate surface area is 82.4 Å². The van der Waals surface area contributed by atoms with Crippen molar-refractivity contribution in [2.45, 2.75) is 24.9 Å². The second-order valence-corrected chi connectivity index (χ2v) is 3.26. The molecule has 0 unspecified atom stereocenters. The van der Waals surface area contributed by atoms with Gasteiger partial charge >= 0.3 is 12.1 Å². The molecule has 1 heterocycles. The molecule has 15 heavy (non-hydrogen) atoms. The molecule has 1 saturated heterocycles. The SMILES string of the molecule is F/C=C(/N1CCCC1)C(F)(F)C(F)(F)F. The average Bonchev–Trinajstić information content (AvgIpc) is 2.55. The quantitative estimate of drug-likeness (QED) is 0.662. The van der Waals surface area contributed by atoms with Gasteiger partial charge in [-0.25, -0.2) is 4.39 Å². The van der Waals surface area contributed by atoms with Crippen LogP contribution in [0.25, 0.3) is 0 Å². The molecule has 1 rings (SSSR count). The third-order valence-electron chi connectivity index (χ3n) is 2.23. The minimum absolute atomic E-state index is 0.0292. The summed E-state index contributed by atoms with van der Waals surface area (Å²) < 4.78 is 73.5. The Bertz CT molecular complexity index is 250. The van der Waals surface area contributed by atoms with Gasteiger partial charge in [-0.05, 0) is 12.8 Å². The molecule has 0 amide bonds. The van der Waals surface area contributed by atoms with Crippen molar-refractivity contribution in [1.29, 1.82) is 0 Å². The van der Waals surface area contributed by atoms with Gasteiger partial charge in [-0.3, -0.25) is 0 Å². The van der Waals surface area contributed by atoms with Crippen LogP contribution in [0, 0.1) is 0 Å². The number of likely N-dealkylation sites (tertiary alicyclic amines) is 1. The Morgan fingerprint density at radius 2 is 1.47 bits per heavy atom. The maximum absolute atomic E-state index is 12.8. The van der Waals surface area contributed by atoms with Gasteiger partial charge in [0, 0.05) is 13.1 Å². The van der Waals surface area contributed by atoms with E-state index in [2.05, 4.69) is 0 Å². The predicted molar refractivity (Wildman–Crippen MR) is 41.0 cm³/mol. The van der Waals surface area contributed by atoms with E-state index in [9.17, 15) is 26.3 Å². The number of nitrogens with zero attached hydrogens (tertiary/aromatic N) is 1. The summed E-state index contributed by atoms with van der Waals surface area (Å²) in [5.74, 6) is -5.12. The van der Waals surface area contributed by atoms with Gasteiger partial charge in [0.1, 0.15) is 12.0 Å². The molecule has 0 radical (unpaired) electrons. The highest BCUT2D eigenvalue weighted by atomic mass is 19.4. The van der Waals surface area contributed by atoms with E-state index in [1.54, 1.807) is 0 Å². The fourth-order valence-electron chi connectivity index (χ4n) is 1.44. The molecular formula is C8H9F6N. The summed E-state index contributed by atoms with van der Waals surface area (Å²) in [5.41, 5.74) is -1.59. The first kappa shape index (κ1) is 12.2. The Morgan fingerprint density at radius 1 is 1.00 bits per heavy atom. The summed E-state index contributed by atoms with van der Waals surface area (Å²) in [6.45, 7) is 0.0584. The summed E-state index contributed by atoms with van der Waals surface area (Å²) in [5, 5.41) is 0. The van der Waals surface area contributed by atoms with Crippen LogP contribution in [0.3, 0.4) is 0 Å². The fraction of sp³-hybridized carbons (Fsp3) is 0.750. The molecule has 0 aromatic carbocycles. The van der Waals surface area contributed by atoms with Crippen molar-refractivity contribution in [3.8, 4) is 0 Å². The van der Waals surface area contributed by atoms with Crippen LogP contribution in [0.2, 0.25) is 0 Å². The van der Waals surface area contributed by atoms with Gasteiger partial charge in [-0.15, -0.1) is 0 Å². The van der Waals surface area contributed by atoms with Crippen LogP contribution >= 0.6 is 0 Å². The highest BCUT2D eigenvalue weighted by Crippen LogP contribution is 2.43. The Balaban J connectivity index is 2.92. The van der Waals surface area contributed by atoms with E-state index in [0.717, 1.165) is 4.90 Å². The topological polar surface area (TPSA) is 3.24 Å². The number of hydrogen-bond donors (Lipinski definition) is 0. The van der Waals surface area contributed by atoms with Gasteiger partial charge < -0.3 is 4.90 Å². The van der Waals surface area contributed by atoms with Crippen LogP contribution in [0.5, 0.6) is 0 Å². The lowest BCUT2D eigenvalue weighted by molar-refractivity contribution is -0.270. The number of allylic oxidation sites excluding steroid dienone is 1. The zero-order valence-corrected chi connectivity index (χ0v) is 7.62. The molecule has 0 atom stereocenters. The molecule has 0 bridgehead atoms. The van der Waals surface area contributed by atoms with Crippen LogP contribution < -0.4 is 0 Å². The van der Waals surface area contributed by atoms with Crippen LogP contribution in [-0.2, 0) is 0 Å². The van der Waals surface area contributed by atoms with Crippen molar-refractivity contribution in [3.63, 3.8) is 0 Å². The molecule has 0 spiro atoms. The maximum atomic E-state index is 12.8. The van der Waals surface area contributed by atoms with E-state index in [1.807, 2.05) is 0 Å². The molecule has 0 N–H and O–H groups in total. The van der Waals surface area contributed by atoms with E-state index < -0.39 is 24.1 Å². The van der Waals surface area contributed by atoms with Crippen molar-refractivity contribution in [2.75, 3.05) is 13.1 Å². The zero-order valence-electron chi connectivity index (χ0n) is 7.62. The summed E-state index contributed by atoms with van der Waals surface area (Å²) in [4.78, 5) is 0.730. The Kier molecular flexibility index (Phi) is 3.20.